The van der Waals surface area contributed by atoms with Gasteiger partial charge in [0.05, 0.1) is 30.6 Å². The van der Waals surface area contributed by atoms with Crippen LogP contribution in [0.3, 0.4) is 0 Å². The highest BCUT2D eigenvalue weighted by Crippen LogP contribution is 2.41. The van der Waals surface area contributed by atoms with Gasteiger partial charge in [-0.2, -0.15) is 0 Å². The highest BCUT2D eigenvalue weighted by Gasteiger charge is 2.28. The molecule has 35 heavy (non-hydrogen) atoms. The SMILES string of the molecule is CCOC(=O)c1c(CN(C)C)n(C)c2cc(-c3cccnc3)c(O)c(Cn3ccnc3)c12.Cl.Cl.Cl. The number of aromatic nitrogens is 4. The highest BCUT2D eigenvalue weighted by atomic mass is 35.5. The molecule has 0 spiro atoms. The van der Waals surface area contributed by atoms with Gasteiger partial charge in [-0.1, -0.05) is 6.07 Å². The average Bonchev–Trinajstić information content (AvgIpc) is 3.37. The first-order valence-corrected chi connectivity index (χ1v) is 10.5. The Morgan fingerprint density at radius 2 is 1.91 bits per heavy atom. The lowest BCUT2D eigenvalue weighted by Crippen LogP contribution is -2.17. The minimum absolute atomic E-state index is 0. The van der Waals surface area contributed by atoms with Crippen LogP contribution in [0.5, 0.6) is 5.75 Å². The van der Waals surface area contributed by atoms with Crippen molar-refractivity contribution in [2.45, 2.75) is 20.0 Å². The van der Waals surface area contributed by atoms with E-state index < -0.39 is 5.97 Å². The maximum Gasteiger partial charge on any atom is 0.340 e. The number of esters is 1. The summed E-state index contributed by atoms with van der Waals surface area (Å²) in [6, 6.07) is 5.66. The number of halogens is 3. The van der Waals surface area contributed by atoms with Gasteiger partial charge in [-0.25, -0.2) is 9.78 Å². The zero-order valence-electron chi connectivity index (χ0n) is 20.0. The number of phenolic OH excluding ortho intramolecular Hbond substituents is 1. The number of carbonyl (C=O) groups is 1. The first-order chi connectivity index (χ1) is 15.4. The van der Waals surface area contributed by atoms with Crippen LogP contribution in [0.2, 0.25) is 0 Å². The molecule has 4 aromatic rings. The predicted octanol–water partition coefficient (Wildman–Crippen LogP) is 4.69. The summed E-state index contributed by atoms with van der Waals surface area (Å²) in [6.45, 7) is 2.97. The Labute approximate surface area is 223 Å². The molecule has 3 aromatic heterocycles. The summed E-state index contributed by atoms with van der Waals surface area (Å²) in [5, 5.41) is 12.1. The fourth-order valence-corrected chi connectivity index (χ4v) is 4.08. The van der Waals surface area contributed by atoms with Gasteiger partial charge < -0.3 is 23.9 Å². The Morgan fingerprint density at radius 1 is 1.17 bits per heavy atom. The largest absolute Gasteiger partial charge is 0.507 e. The second-order valence-corrected chi connectivity index (χ2v) is 7.96. The number of nitrogens with zero attached hydrogens (tertiary/aromatic N) is 5. The molecule has 0 bridgehead atoms. The first-order valence-electron chi connectivity index (χ1n) is 10.5. The third-order valence-electron chi connectivity index (χ3n) is 5.50. The zero-order valence-corrected chi connectivity index (χ0v) is 22.4. The molecule has 0 fully saturated rings. The quantitative estimate of drug-likeness (QED) is 0.341. The lowest BCUT2D eigenvalue weighted by molar-refractivity contribution is 0.0526. The number of imidazole rings is 1. The van der Waals surface area contributed by atoms with Crippen molar-refractivity contribution in [1.82, 2.24) is 24.0 Å². The molecule has 0 saturated carbocycles. The lowest BCUT2D eigenvalue weighted by Gasteiger charge is -2.14. The molecule has 190 valence electrons. The van der Waals surface area contributed by atoms with E-state index in [1.807, 2.05) is 59.6 Å². The Morgan fingerprint density at radius 3 is 2.49 bits per heavy atom. The van der Waals surface area contributed by atoms with E-state index in [0.29, 0.717) is 35.2 Å². The summed E-state index contributed by atoms with van der Waals surface area (Å²) in [6.07, 6.45) is 8.62. The molecule has 8 nitrogen and oxygen atoms in total. The fourth-order valence-electron chi connectivity index (χ4n) is 4.08. The van der Waals surface area contributed by atoms with E-state index in [1.54, 1.807) is 31.8 Å². The van der Waals surface area contributed by atoms with E-state index in [0.717, 1.165) is 16.8 Å². The molecule has 3 heterocycles. The molecule has 0 aliphatic rings. The number of carbonyl (C=O) groups excluding carboxylic acids is 1. The molecule has 4 rings (SSSR count). The molecule has 11 heteroatoms. The molecular weight excluding hydrogens is 513 g/mol. The summed E-state index contributed by atoms with van der Waals surface area (Å²) in [4.78, 5) is 23.5. The van der Waals surface area contributed by atoms with Crippen molar-refractivity contribution < 1.29 is 14.6 Å². The van der Waals surface area contributed by atoms with Gasteiger partial charge in [0.2, 0.25) is 0 Å². The first kappa shape index (κ1) is 30.3. The van der Waals surface area contributed by atoms with Gasteiger partial charge in [-0.3, -0.25) is 4.98 Å². The molecule has 1 aromatic carbocycles. The fraction of sp³-hybridized carbons (Fsp3) is 0.292. The predicted molar refractivity (Wildman–Crippen MR) is 144 cm³/mol. The number of ether oxygens (including phenoxy) is 1. The van der Waals surface area contributed by atoms with E-state index >= 15 is 0 Å². The van der Waals surface area contributed by atoms with E-state index in [1.165, 1.54) is 0 Å². The Kier molecular flexibility index (Phi) is 11.1. The van der Waals surface area contributed by atoms with Crippen molar-refractivity contribution in [1.29, 1.82) is 0 Å². The number of aryl methyl sites for hydroxylation is 1. The molecule has 0 aliphatic carbocycles. The smallest absolute Gasteiger partial charge is 0.340 e. The number of benzene rings is 1. The molecule has 0 unspecified atom stereocenters. The maximum absolute atomic E-state index is 13.1. The van der Waals surface area contributed by atoms with Gasteiger partial charge in [0.15, 0.2) is 0 Å². The van der Waals surface area contributed by atoms with Gasteiger partial charge in [0, 0.05) is 66.2 Å². The highest BCUT2D eigenvalue weighted by molar-refractivity contribution is 6.09. The second kappa shape index (κ2) is 12.8. The Balaban J connectivity index is 0.00000204. The van der Waals surface area contributed by atoms with E-state index in [9.17, 15) is 9.90 Å². The van der Waals surface area contributed by atoms with Crippen molar-refractivity contribution in [3.8, 4) is 16.9 Å². The van der Waals surface area contributed by atoms with Gasteiger partial charge in [0.1, 0.15) is 5.75 Å². The van der Waals surface area contributed by atoms with E-state index in [-0.39, 0.29) is 49.6 Å². The zero-order chi connectivity index (χ0) is 22.8. The van der Waals surface area contributed by atoms with Crippen LogP contribution in [0.1, 0.15) is 28.5 Å². The number of aromatic hydroxyl groups is 1. The Bertz CT molecular complexity index is 1260. The number of rotatable bonds is 7. The summed E-state index contributed by atoms with van der Waals surface area (Å²) < 4.78 is 9.32. The number of phenols is 1. The molecule has 0 aliphatic heterocycles. The summed E-state index contributed by atoms with van der Waals surface area (Å²) >= 11 is 0. The van der Waals surface area contributed by atoms with Crippen molar-refractivity contribution >= 4 is 54.1 Å². The maximum atomic E-state index is 13.1. The number of hydrogen-bond acceptors (Lipinski definition) is 6. The van der Waals surface area contributed by atoms with Crippen molar-refractivity contribution in [2.24, 2.45) is 7.05 Å². The standard InChI is InChI=1S/C24H27N5O3.3ClH/c1-5-32-24(31)22-20(14-27(2)3)28(4)19-11-17(16-7-6-8-25-12-16)23(30)18(21(19)22)13-29-10-9-26-15-29;;;/h6-12,15,30H,5,13-14H2,1-4H3;3*1H. The van der Waals surface area contributed by atoms with Crippen molar-refractivity contribution in [3.05, 3.63) is 66.1 Å². The van der Waals surface area contributed by atoms with Crippen LogP contribution >= 0.6 is 37.2 Å². The van der Waals surface area contributed by atoms with E-state index in [2.05, 4.69) is 9.97 Å². The monoisotopic (exact) mass is 541 g/mol. The minimum atomic E-state index is -0.393. The van der Waals surface area contributed by atoms with Crippen molar-refractivity contribution in [2.75, 3.05) is 20.7 Å². The summed E-state index contributed by atoms with van der Waals surface area (Å²) in [5.41, 5.74) is 4.26. The van der Waals surface area contributed by atoms with Crippen LogP contribution in [0.15, 0.2) is 49.3 Å². The molecular formula is C24H30Cl3N5O3. The van der Waals surface area contributed by atoms with Crippen molar-refractivity contribution in [3.63, 3.8) is 0 Å². The Hall–Kier alpha value is -2.78. The lowest BCUT2D eigenvalue weighted by atomic mass is 9.96. The van der Waals surface area contributed by atoms with Gasteiger partial charge in [-0.15, -0.1) is 37.2 Å². The minimum Gasteiger partial charge on any atom is -0.507 e. The third kappa shape index (κ3) is 5.90. The molecule has 0 amide bonds. The molecule has 1 N–H and O–H groups in total. The number of fused-ring (bicyclic) bond motifs is 1. The van der Waals surface area contributed by atoms with Crippen LogP contribution in [0.25, 0.3) is 22.0 Å². The summed E-state index contributed by atoms with van der Waals surface area (Å²) in [5.74, 6) is -0.276. The third-order valence-corrected chi connectivity index (χ3v) is 5.50. The number of pyridine rings is 1. The van der Waals surface area contributed by atoms with Gasteiger partial charge in [-0.05, 0) is 33.2 Å². The number of hydrogen-bond donors (Lipinski definition) is 1. The topological polar surface area (TPSA) is 85.4 Å². The van der Waals surface area contributed by atoms with Gasteiger partial charge >= 0.3 is 5.97 Å². The molecule has 0 atom stereocenters. The van der Waals surface area contributed by atoms with Crippen LogP contribution in [0, 0.1) is 0 Å². The van der Waals surface area contributed by atoms with Crippen LogP contribution in [-0.2, 0) is 24.9 Å². The summed E-state index contributed by atoms with van der Waals surface area (Å²) in [7, 11) is 5.85. The molecule has 0 saturated heterocycles. The van der Waals surface area contributed by atoms with Crippen LogP contribution < -0.4 is 0 Å². The van der Waals surface area contributed by atoms with Crippen LogP contribution in [-0.4, -0.2) is 55.8 Å². The van der Waals surface area contributed by atoms with Gasteiger partial charge in [0.25, 0.3) is 0 Å². The van der Waals surface area contributed by atoms with E-state index in [4.69, 9.17) is 4.74 Å². The second-order valence-electron chi connectivity index (χ2n) is 7.96. The molecule has 0 radical (unpaired) electrons. The average molecular weight is 543 g/mol. The normalized spacial score (nSPS) is 10.4. The van der Waals surface area contributed by atoms with Crippen LogP contribution in [0.4, 0.5) is 0 Å².